The van der Waals surface area contributed by atoms with Crippen molar-refractivity contribution in [3.63, 3.8) is 0 Å². The Labute approximate surface area is 127 Å². The van der Waals surface area contributed by atoms with Gasteiger partial charge in [-0.3, -0.25) is 4.79 Å². The zero-order valence-corrected chi connectivity index (χ0v) is 13.0. The number of carbonyl (C=O) groups is 1. The first-order valence-corrected chi connectivity index (χ1v) is 8.20. The molecule has 2 aliphatic carbocycles. The standard InChI is InChI=1S/C18H26N2O/c1-11(14-4-3-5-16(19)10-14)18(21)20-12(2)17-9-13-6-7-15(17)8-13/h3-5,10-13,15,17H,6-9,19H2,1-2H3,(H,20,21). The molecule has 0 saturated heterocycles. The van der Waals surface area contributed by atoms with E-state index in [1.54, 1.807) is 0 Å². The highest BCUT2D eigenvalue weighted by Gasteiger charge is 2.42. The van der Waals surface area contributed by atoms with Crippen LogP contribution >= 0.6 is 0 Å². The molecule has 0 aromatic heterocycles. The third-order valence-electron chi connectivity index (χ3n) is 5.61. The summed E-state index contributed by atoms with van der Waals surface area (Å²) in [5.41, 5.74) is 7.52. The van der Waals surface area contributed by atoms with E-state index in [1.165, 1.54) is 25.7 Å². The predicted molar refractivity (Wildman–Crippen MR) is 85.8 cm³/mol. The van der Waals surface area contributed by atoms with Crippen molar-refractivity contribution in [2.24, 2.45) is 17.8 Å². The smallest absolute Gasteiger partial charge is 0.227 e. The van der Waals surface area contributed by atoms with Gasteiger partial charge in [0, 0.05) is 11.7 Å². The van der Waals surface area contributed by atoms with Crippen LogP contribution in [0.25, 0.3) is 0 Å². The molecule has 0 aliphatic heterocycles. The number of hydrogen-bond donors (Lipinski definition) is 2. The lowest BCUT2D eigenvalue weighted by Crippen LogP contribution is -2.41. The third kappa shape index (κ3) is 2.92. The summed E-state index contributed by atoms with van der Waals surface area (Å²) in [6.45, 7) is 4.13. The number of nitrogens with two attached hydrogens (primary N) is 1. The number of nitrogen functional groups attached to an aromatic ring is 1. The second-order valence-electron chi connectivity index (χ2n) is 7.03. The minimum atomic E-state index is -0.144. The van der Waals surface area contributed by atoms with Crippen LogP contribution in [0.1, 0.15) is 51.0 Å². The van der Waals surface area contributed by atoms with E-state index in [0.29, 0.717) is 11.6 Å². The molecule has 1 aromatic carbocycles. The van der Waals surface area contributed by atoms with Gasteiger partial charge in [-0.05, 0) is 68.6 Å². The SMILES string of the molecule is CC(C(=O)NC(C)C1CC2CCC1C2)c1cccc(N)c1. The molecule has 2 bridgehead atoms. The number of carbonyl (C=O) groups excluding carboxylic acids is 1. The van der Waals surface area contributed by atoms with Crippen molar-refractivity contribution in [3.8, 4) is 0 Å². The van der Waals surface area contributed by atoms with Gasteiger partial charge >= 0.3 is 0 Å². The minimum Gasteiger partial charge on any atom is -0.399 e. The molecular weight excluding hydrogens is 260 g/mol. The van der Waals surface area contributed by atoms with Crippen LogP contribution in [0, 0.1) is 17.8 Å². The van der Waals surface area contributed by atoms with Crippen LogP contribution in [-0.2, 0) is 4.79 Å². The maximum absolute atomic E-state index is 12.5. The molecule has 21 heavy (non-hydrogen) atoms. The molecule has 5 atom stereocenters. The maximum Gasteiger partial charge on any atom is 0.227 e. The van der Waals surface area contributed by atoms with Crippen LogP contribution in [-0.4, -0.2) is 11.9 Å². The molecule has 3 nitrogen and oxygen atoms in total. The molecule has 2 aliphatic rings. The Morgan fingerprint density at radius 1 is 1.29 bits per heavy atom. The van der Waals surface area contributed by atoms with Gasteiger partial charge in [-0.25, -0.2) is 0 Å². The van der Waals surface area contributed by atoms with E-state index in [2.05, 4.69) is 12.2 Å². The fraction of sp³-hybridized carbons (Fsp3) is 0.611. The summed E-state index contributed by atoms with van der Waals surface area (Å²) < 4.78 is 0. The Balaban J connectivity index is 1.60. The fourth-order valence-corrected chi connectivity index (χ4v) is 4.34. The number of anilines is 1. The summed E-state index contributed by atoms with van der Waals surface area (Å²) in [5, 5.41) is 3.24. The van der Waals surface area contributed by atoms with Gasteiger partial charge in [-0.15, -0.1) is 0 Å². The van der Waals surface area contributed by atoms with Crippen molar-refractivity contribution in [3.05, 3.63) is 29.8 Å². The van der Waals surface area contributed by atoms with E-state index >= 15 is 0 Å². The molecule has 2 fully saturated rings. The predicted octanol–water partition coefficient (Wildman–Crippen LogP) is 3.31. The van der Waals surface area contributed by atoms with E-state index in [9.17, 15) is 4.79 Å². The zero-order chi connectivity index (χ0) is 15.0. The molecular formula is C18H26N2O. The Hall–Kier alpha value is -1.51. The molecule has 1 aromatic rings. The largest absolute Gasteiger partial charge is 0.399 e. The lowest BCUT2D eigenvalue weighted by atomic mass is 9.83. The molecule has 0 spiro atoms. The van der Waals surface area contributed by atoms with Crippen LogP contribution in [0.3, 0.4) is 0 Å². The summed E-state index contributed by atoms with van der Waals surface area (Å²) in [6, 6.07) is 7.92. The van der Waals surface area contributed by atoms with Crippen molar-refractivity contribution >= 4 is 11.6 Å². The Kier molecular flexibility index (Phi) is 3.92. The van der Waals surface area contributed by atoms with Crippen molar-refractivity contribution in [2.75, 3.05) is 5.73 Å². The topological polar surface area (TPSA) is 55.1 Å². The van der Waals surface area contributed by atoms with Crippen LogP contribution < -0.4 is 11.1 Å². The van der Waals surface area contributed by atoms with E-state index in [0.717, 1.165) is 17.4 Å². The summed E-state index contributed by atoms with van der Waals surface area (Å²) in [4.78, 5) is 12.5. The monoisotopic (exact) mass is 286 g/mol. The van der Waals surface area contributed by atoms with Gasteiger partial charge in [-0.1, -0.05) is 18.6 Å². The van der Waals surface area contributed by atoms with Crippen molar-refractivity contribution < 1.29 is 4.79 Å². The van der Waals surface area contributed by atoms with Crippen LogP contribution in [0.4, 0.5) is 5.69 Å². The van der Waals surface area contributed by atoms with Crippen molar-refractivity contribution in [2.45, 2.75) is 51.5 Å². The Morgan fingerprint density at radius 2 is 2.10 bits per heavy atom. The van der Waals surface area contributed by atoms with E-state index in [-0.39, 0.29) is 17.9 Å². The quantitative estimate of drug-likeness (QED) is 0.834. The number of fused-ring (bicyclic) bond motifs is 2. The number of nitrogens with one attached hydrogen (secondary N) is 1. The Bertz CT molecular complexity index is 528. The van der Waals surface area contributed by atoms with E-state index in [1.807, 2.05) is 31.2 Å². The summed E-state index contributed by atoms with van der Waals surface area (Å²) in [6.07, 6.45) is 5.45. The molecule has 3 N–H and O–H groups in total. The first-order chi connectivity index (χ1) is 10.0. The van der Waals surface area contributed by atoms with E-state index < -0.39 is 0 Å². The fourth-order valence-electron chi connectivity index (χ4n) is 4.34. The maximum atomic E-state index is 12.5. The van der Waals surface area contributed by atoms with Crippen LogP contribution in [0.5, 0.6) is 0 Å². The molecule has 5 unspecified atom stereocenters. The van der Waals surface area contributed by atoms with Gasteiger partial charge in [0.05, 0.1) is 5.92 Å². The third-order valence-corrected chi connectivity index (χ3v) is 5.61. The van der Waals surface area contributed by atoms with E-state index in [4.69, 9.17) is 5.73 Å². The van der Waals surface area contributed by atoms with Crippen molar-refractivity contribution in [1.82, 2.24) is 5.32 Å². The lowest BCUT2D eigenvalue weighted by molar-refractivity contribution is -0.123. The molecule has 2 saturated carbocycles. The molecule has 1 amide bonds. The van der Waals surface area contributed by atoms with Gasteiger partial charge in [0.15, 0.2) is 0 Å². The summed E-state index contributed by atoms with van der Waals surface area (Å²) >= 11 is 0. The second kappa shape index (κ2) is 5.70. The summed E-state index contributed by atoms with van der Waals surface area (Å²) in [5.74, 6) is 2.42. The first-order valence-electron chi connectivity index (χ1n) is 8.20. The van der Waals surface area contributed by atoms with Crippen LogP contribution in [0.15, 0.2) is 24.3 Å². The van der Waals surface area contributed by atoms with Gasteiger partial charge < -0.3 is 11.1 Å². The highest BCUT2D eigenvalue weighted by Crippen LogP contribution is 2.49. The van der Waals surface area contributed by atoms with Gasteiger partial charge in [0.2, 0.25) is 5.91 Å². The lowest BCUT2D eigenvalue weighted by Gasteiger charge is -2.29. The summed E-state index contributed by atoms with van der Waals surface area (Å²) in [7, 11) is 0. The minimum absolute atomic E-state index is 0.121. The van der Waals surface area contributed by atoms with Crippen molar-refractivity contribution in [1.29, 1.82) is 0 Å². The number of benzene rings is 1. The van der Waals surface area contributed by atoms with Gasteiger partial charge in [0.25, 0.3) is 0 Å². The van der Waals surface area contributed by atoms with Gasteiger partial charge in [-0.2, -0.15) is 0 Å². The number of rotatable bonds is 4. The Morgan fingerprint density at radius 3 is 2.71 bits per heavy atom. The first kappa shape index (κ1) is 14.4. The number of hydrogen-bond acceptors (Lipinski definition) is 2. The normalized spacial score (nSPS) is 30.1. The van der Waals surface area contributed by atoms with Crippen LogP contribution in [0.2, 0.25) is 0 Å². The number of amides is 1. The second-order valence-corrected chi connectivity index (χ2v) is 7.03. The highest BCUT2D eigenvalue weighted by molar-refractivity contribution is 5.83. The highest BCUT2D eigenvalue weighted by atomic mass is 16.1. The van der Waals surface area contributed by atoms with Gasteiger partial charge in [0.1, 0.15) is 0 Å². The average Bonchev–Trinajstić information content (AvgIpc) is 3.09. The molecule has 3 heteroatoms. The molecule has 0 radical (unpaired) electrons. The molecule has 0 heterocycles. The average molecular weight is 286 g/mol. The zero-order valence-electron chi connectivity index (χ0n) is 13.0. The molecule has 3 rings (SSSR count). The molecule has 114 valence electrons.